The van der Waals surface area contributed by atoms with Gasteiger partial charge >= 0.3 is 0 Å². The van der Waals surface area contributed by atoms with Gasteiger partial charge in [0.1, 0.15) is 0 Å². The van der Waals surface area contributed by atoms with E-state index in [0.717, 1.165) is 12.8 Å². The first-order chi connectivity index (χ1) is 12.4. The summed E-state index contributed by atoms with van der Waals surface area (Å²) in [6.45, 7) is 0. The van der Waals surface area contributed by atoms with E-state index in [9.17, 15) is 0 Å². The quantitative estimate of drug-likeness (QED) is 0.489. The lowest BCUT2D eigenvalue weighted by Crippen LogP contribution is -1.99. The molecule has 0 saturated heterocycles. The molecule has 4 rings (SSSR count). The molecule has 1 aliphatic carbocycles. The van der Waals surface area contributed by atoms with Crippen LogP contribution >= 0.6 is 11.8 Å². The van der Waals surface area contributed by atoms with Crippen molar-refractivity contribution in [2.24, 2.45) is 0 Å². The second-order valence-electron chi connectivity index (χ2n) is 6.11. The second kappa shape index (κ2) is 7.58. The van der Waals surface area contributed by atoms with E-state index < -0.39 is 0 Å². The first-order valence-corrected chi connectivity index (χ1v) is 9.51. The minimum atomic E-state index is 1.09. The molecule has 0 nitrogen and oxygen atoms in total. The molecule has 0 saturated carbocycles. The molecule has 0 unspecified atom stereocenters. The molecule has 0 aliphatic heterocycles. The lowest BCUT2D eigenvalue weighted by Gasteiger charge is -2.23. The van der Waals surface area contributed by atoms with Crippen molar-refractivity contribution >= 4 is 22.9 Å². The number of allylic oxidation sites excluding steroid dienone is 3. The molecule has 0 aromatic heterocycles. The molecule has 1 heteroatoms. The SMILES string of the molecule is C1=C(Sc2ccccc2)C(c2ccccc2)=C(c2ccccc2)CC1. The van der Waals surface area contributed by atoms with E-state index in [1.807, 2.05) is 11.8 Å². The van der Waals surface area contributed by atoms with E-state index in [2.05, 4.69) is 97.1 Å². The summed E-state index contributed by atoms with van der Waals surface area (Å²) < 4.78 is 0. The van der Waals surface area contributed by atoms with Gasteiger partial charge in [0.2, 0.25) is 0 Å². The number of thioether (sulfide) groups is 1. The van der Waals surface area contributed by atoms with E-state index in [4.69, 9.17) is 0 Å². The molecule has 1 aliphatic rings. The van der Waals surface area contributed by atoms with Crippen LogP contribution in [0.3, 0.4) is 0 Å². The summed E-state index contributed by atoms with van der Waals surface area (Å²) in [4.78, 5) is 2.65. The van der Waals surface area contributed by atoms with Gasteiger partial charge in [-0.1, -0.05) is 96.7 Å². The fourth-order valence-corrected chi connectivity index (χ4v) is 4.37. The zero-order valence-corrected chi connectivity index (χ0v) is 14.9. The summed E-state index contributed by atoms with van der Waals surface area (Å²) in [5, 5.41) is 0. The molecule has 25 heavy (non-hydrogen) atoms. The average Bonchev–Trinajstić information content (AvgIpc) is 2.70. The smallest absolute Gasteiger partial charge is 0.0164 e. The summed E-state index contributed by atoms with van der Waals surface area (Å²) in [5.74, 6) is 0. The van der Waals surface area contributed by atoms with Gasteiger partial charge in [-0.25, -0.2) is 0 Å². The summed E-state index contributed by atoms with van der Waals surface area (Å²) >= 11 is 1.87. The highest BCUT2D eigenvalue weighted by atomic mass is 32.2. The van der Waals surface area contributed by atoms with Crippen LogP contribution in [0.2, 0.25) is 0 Å². The molecule has 0 N–H and O–H groups in total. The van der Waals surface area contributed by atoms with E-state index in [-0.39, 0.29) is 0 Å². The Bertz CT molecular complexity index is 891. The van der Waals surface area contributed by atoms with Gasteiger partial charge in [-0.2, -0.15) is 0 Å². The minimum Gasteiger partial charge on any atom is -0.0898 e. The number of hydrogen-bond acceptors (Lipinski definition) is 1. The van der Waals surface area contributed by atoms with Crippen LogP contribution < -0.4 is 0 Å². The lowest BCUT2D eigenvalue weighted by atomic mass is 9.88. The third-order valence-electron chi connectivity index (χ3n) is 4.43. The molecule has 3 aromatic carbocycles. The van der Waals surface area contributed by atoms with Gasteiger partial charge < -0.3 is 0 Å². The first-order valence-electron chi connectivity index (χ1n) is 8.69. The molecular weight excluding hydrogens is 320 g/mol. The Morgan fingerprint density at radius 1 is 0.600 bits per heavy atom. The van der Waals surface area contributed by atoms with Crippen LogP contribution in [-0.4, -0.2) is 0 Å². The molecule has 0 radical (unpaired) electrons. The number of hydrogen-bond donors (Lipinski definition) is 0. The largest absolute Gasteiger partial charge is 0.0898 e. The van der Waals surface area contributed by atoms with Crippen LogP contribution in [0.1, 0.15) is 24.0 Å². The standard InChI is InChI=1S/C24H20S/c1-4-11-19(12-5-1)22-17-10-18-23(25-21-15-8-3-9-16-21)24(22)20-13-6-2-7-14-20/h1-9,11-16,18H,10,17H2. The lowest BCUT2D eigenvalue weighted by molar-refractivity contribution is 1.05. The van der Waals surface area contributed by atoms with Gasteiger partial charge in [-0.3, -0.25) is 0 Å². The van der Waals surface area contributed by atoms with E-state index in [0.29, 0.717) is 0 Å². The maximum atomic E-state index is 2.40. The summed E-state index contributed by atoms with van der Waals surface area (Å²) in [5.41, 5.74) is 5.47. The highest BCUT2D eigenvalue weighted by Gasteiger charge is 2.19. The van der Waals surface area contributed by atoms with Crippen molar-refractivity contribution < 1.29 is 0 Å². The van der Waals surface area contributed by atoms with Crippen LogP contribution in [0.15, 0.2) is 107 Å². The monoisotopic (exact) mass is 340 g/mol. The zero-order chi connectivity index (χ0) is 16.9. The maximum absolute atomic E-state index is 2.40. The molecule has 0 heterocycles. The topological polar surface area (TPSA) is 0 Å². The summed E-state index contributed by atoms with van der Waals surface area (Å²) in [7, 11) is 0. The van der Waals surface area contributed by atoms with E-state index >= 15 is 0 Å². The molecule has 0 fully saturated rings. The van der Waals surface area contributed by atoms with Crippen molar-refractivity contribution in [1.82, 2.24) is 0 Å². The maximum Gasteiger partial charge on any atom is 0.0164 e. The predicted molar refractivity (Wildman–Crippen MR) is 109 cm³/mol. The molecule has 0 bridgehead atoms. The van der Waals surface area contributed by atoms with Gasteiger partial charge in [-0.05, 0) is 47.2 Å². The van der Waals surface area contributed by atoms with Crippen molar-refractivity contribution in [3.05, 3.63) is 113 Å². The Balaban J connectivity index is 1.83. The van der Waals surface area contributed by atoms with Crippen molar-refractivity contribution in [2.75, 3.05) is 0 Å². The molecule has 3 aromatic rings. The fourth-order valence-electron chi connectivity index (χ4n) is 3.28. The Kier molecular flexibility index (Phi) is 4.85. The van der Waals surface area contributed by atoms with Crippen molar-refractivity contribution in [3.8, 4) is 0 Å². The van der Waals surface area contributed by atoms with Crippen LogP contribution in [0, 0.1) is 0 Å². The Morgan fingerprint density at radius 2 is 1.16 bits per heavy atom. The first kappa shape index (κ1) is 16.0. The third-order valence-corrected chi connectivity index (χ3v) is 5.53. The number of benzene rings is 3. The minimum absolute atomic E-state index is 1.09. The summed E-state index contributed by atoms with van der Waals surface area (Å²) in [6.07, 6.45) is 4.58. The van der Waals surface area contributed by atoms with Crippen LogP contribution in [-0.2, 0) is 0 Å². The predicted octanol–water partition coefficient (Wildman–Crippen LogP) is 7.07. The Morgan fingerprint density at radius 3 is 1.80 bits per heavy atom. The van der Waals surface area contributed by atoms with Gasteiger partial charge in [-0.15, -0.1) is 0 Å². The normalized spacial score (nSPS) is 14.3. The Hall–Kier alpha value is -2.51. The number of rotatable bonds is 4. The van der Waals surface area contributed by atoms with Crippen LogP contribution in [0.5, 0.6) is 0 Å². The third kappa shape index (κ3) is 3.62. The fraction of sp³-hybridized carbons (Fsp3) is 0.0833. The zero-order valence-electron chi connectivity index (χ0n) is 14.1. The van der Waals surface area contributed by atoms with Crippen molar-refractivity contribution in [3.63, 3.8) is 0 Å². The van der Waals surface area contributed by atoms with Crippen LogP contribution in [0.4, 0.5) is 0 Å². The molecule has 0 atom stereocenters. The highest BCUT2D eigenvalue weighted by molar-refractivity contribution is 8.03. The average molecular weight is 340 g/mol. The second-order valence-corrected chi connectivity index (χ2v) is 7.22. The van der Waals surface area contributed by atoms with E-state index in [1.54, 1.807) is 0 Å². The van der Waals surface area contributed by atoms with Crippen molar-refractivity contribution in [2.45, 2.75) is 17.7 Å². The molecule has 0 spiro atoms. The van der Waals surface area contributed by atoms with Gasteiger partial charge in [0.05, 0.1) is 0 Å². The summed E-state index contributed by atoms with van der Waals surface area (Å²) in [6, 6.07) is 32.3. The molecule has 122 valence electrons. The van der Waals surface area contributed by atoms with Gasteiger partial charge in [0, 0.05) is 9.80 Å². The van der Waals surface area contributed by atoms with Crippen LogP contribution in [0.25, 0.3) is 11.1 Å². The molecular formula is C24H20S. The highest BCUT2D eigenvalue weighted by Crippen LogP contribution is 2.45. The molecule has 0 amide bonds. The van der Waals surface area contributed by atoms with Crippen molar-refractivity contribution in [1.29, 1.82) is 0 Å². The van der Waals surface area contributed by atoms with E-state index in [1.165, 1.54) is 32.1 Å². The van der Waals surface area contributed by atoms with Gasteiger partial charge in [0.25, 0.3) is 0 Å². The van der Waals surface area contributed by atoms with Gasteiger partial charge in [0.15, 0.2) is 0 Å². The Labute approximate surface area is 153 Å².